The number of nitro groups is 1. The van der Waals surface area contributed by atoms with Gasteiger partial charge in [-0.3, -0.25) is 10.1 Å². The van der Waals surface area contributed by atoms with E-state index in [2.05, 4.69) is 26.1 Å². The Balaban J connectivity index is 2.60. The van der Waals surface area contributed by atoms with Crippen molar-refractivity contribution in [2.45, 2.75) is 46.2 Å². The second-order valence-electron chi connectivity index (χ2n) is 5.28. The number of nitrogens with one attached hydrogen (secondary N) is 1. The van der Waals surface area contributed by atoms with Crippen molar-refractivity contribution in [3.63, 3.8) is 0 Å². The maximum absolute atomic E-state index is 11.0. The van der Waals surface area contributed by atoms with Gasteiger partial charge in [-0.25, -0.2) is 0 Å². The van der Waals surface area contributed by atoms with Crippen molar-refractivity contribution >= 4 is 17.3 Å². The molecule has 0 heterocycles. The molecule has 1 N–H and O–H groups in total. The number of nitrogens with zero attached hydrogens (tertiary/aromatic N) is 1. The number of hydrogen-bond donors (Lipinski definition) is 1. The monoisotopic (exact) mass is 284 g/mol. The summed E-state index contributed by atoms with van der Waals surface area (Å²) in [7, 11) is 0. The predicted molar refractivity (Wildman–Crippen MR) is 78.5 cm³/mol. The summed E-state index contributed by atoms with van der Waals surface area (Å²) in [6.07, 6.45) is 2.22. The van der Waals surface area contributed by atoms with E-state index in [0.717, 1.165) is 12.8 Å². The molecule has 4 nitrogen and oxygen atoms in total. The van der Waals surface area contributed by atoms with Gasteiger partial charge in [-0.1, -0.05) is 25.4 Å². The molecule has 0 radical (unpaired) electrons. The van der Waals surface area contributed by atoms with Crippen LogP contribution in [0.5, 0.6) is 0 Å². The minimum Gasteiger partial charge on any atom is -0.310 e. The van der Waals surface area contributed by atoms with Crippen LogP contribution in [0.4, 0.5) is 5.69 Å². The highest BCUT2D eigenvalue weighted by molar-refractivity contribution is 6.30. The van der Waals surface area contributed by atoms with E-state index in [1.165, 1.54) is 6.07 Å². The van der Waals surface area contributed by atoms with Gasteiger partial charge in [-0.05, 0) is 37.8 Å². The summed E-state index contributed by atoms with van der Waals surface area (Å²) in [5, 5.41) is 14.7. The molecule has 0 saturated carbocycles. The third-order valence-electron chi connectivity index (χ3n) is 3.06. The molecule has 1 aromatic rings. The molecule has 1 atom stereocenters. The zero-order valence-electron chi connectivity index (χ0n) is 11.6. The van der Waals surface area contributed by atoms with Crippen molar-refractivity contribution in [2.24, 2.45) is 5.92 Å². The van der Waals surface area contributed by atoms with Crippen LogP contribution in [-0.4, -0.2) is 11.0 Å². The summed E-state index contributed by atoms with van der Waals surface area (Å²) < 4.78 is 0. The van der Waals surface area contributed by atoms with Crippen LogP contribution in [0.15, 0.2) is 18.2 Å². The number of benzene rings is 1. The van der Waals surface area contributed by atoms with E-state index in [-0.39, 0.29) is 10.6 Å². The summed E-state index contributed by atoms with van der Waals surface area (Å²) in [6.45, 7) is 6.98. The fourth-order valence-corrected chi connectivity index (χ4v) is 1.99. The molecule has 0 aliphatic heterocycles. The Kier molecular flexibility index (Phi) is 6.25. The summed E-state index contributed by atoms with van der Waals surface area (Å²) in [5.41, 5.74) is 0.752. The summed E-state index contributed by atoms with van der Waals surface area (Å²) >= 11 is 5.78. The molecule has 106 valence electrons. The van der Waals surface area contributed by atoms with Gasteiger partial charge in [-0.15, -0.1) is 0 Å². The Morgan fingerprint density at radius 3 is 2.58 bits per heavy atom. The lowest BCUT2D eigenvalue weighted by Gasteiger charge is -2.15. The van der Waals surface area contributed by atoms with Crippen molar-refractivity contribution in [3.05, 3.63) is 38.9 Å². The fraction of sp³-hybridized carbons (Fsp3) is 0.571. The molecule has 0 aliphatic carbocycles. The standard InChI is InChI=1S/C14H21ClN2O2/c1-10(2)4-5-11(3)16-9-12-6-7-13(15)8-14(12)17(18)19/h6-8,10-11,16H,4-5,9H2,1-3H3. The quantitative estimate of drug-likeness (QED) is 0.604. The molecule has 0 spiro atoms. The molecule has 1 rings (SSSR count). The zero-order chi connectivity index (χ0) is 14.4. The van der Waals surface area contributed by atoms with E-state index in [0.29, 0.717) is 29.1 Å². The van der Waals surface area contributed by atoms with Crippen molar-refractivity contribution in [1.82, 2.24) is 5.32 Å². The van der Waals surface area contributed by atoms with E-state index >= 15 is 0 Å². The van der Waals surface area contributed by atoms with Crippen LogP contribution in [-0.2, 0) is 6.54 Å². The normalized spacial score (nSPS) is 12.7. The summed E-state index contributed by atoms with van der Waals surface area (Å²) in [4.78, 5) is 10.6. The van der Waals surface area contributed by atoms with Crippen molar-refractivity contribution in [2.75, 3.05) is 0 Å². The average molecular weight is 285 g/mol. The van der Waals surface area contributed by atoms with Gasteiger partial charge in [-0.2, -0.15) is 0 Å². The molecule has 5 heteroatoms. The van der Waals surface area contributed by atoms with Crippen LogP contribution >= 0.6 is 11.6 Å². The average Bonchev–Trinajstić information content (AvgIpc) is 2.34. The second-order valence-corrected chi connectivity index (χ2v) is 5.72. The van der Waals surface area contributed by atoms with Gasteiger partial charge >= 0.3 is 0 Å². The maximum Gasteiger partial charge on any atom is 0.275 e. The molecular formula is C14H21ClN2O2. The summed E-state index contributed by atoms with van der Waals surface area (Å²) in [5.74, 6) is 0.675. The SMILES string of the molecule is CC(C)CCC(C)NCc1ccc(Cl)cc1[N+](=O)[O-]. The molecule has 0 aliphatic rings. The number of rotatable bonds is 7. The van der Waals surface area contributed by atoms with E-state index < -0.39 is 0 Å². The number of hydrogen-bond acceptors (Lipinski definition) is 3. The first-order chi connectivity index (χ1) is 8.90. The van der Waals surface area contributed by atoms with Crippen LogP contribution in [0.1, 0.15) is 39.2 Å². The van der Waals surface area contributed by atoms with Gasteiger partial charge in [0.15, 0.2) is 0 Å². The zero-order valence-corrected chi connectivity index (χ0v) is 12.4. The maximum atomic E-state index is 11.0. The molecule has 0 saturated heterocycles. The van der Waals surface area contributed by atoms with E-state index in [9.17, 15) is 10.1 Å². The Bertz CT molecular complexity index is 435. The molecule has 1 unspecified atom stereocenters. The Hall–Kier alpha value is -1.13. The topological polar surface area (TPSA) is 55.2 Å². The van der Waals surface area contributed by atoms with E-state index in [4.69, 9.17) is 11.6 Å². The first-order valence-electron chi connectivity index (χ1n) is 6.56. The van der Waals surface area contributed by atoms with Crippen LogP contribution < -0.4 is 5.32 Å². The Morgan fingerprint density at radius 1 is 1.32 bits per heavy atom. The Labute approximate surface area is 119 Å². The lowest BCUT2D eigenvalue weighted by Crippen LogP contribution is -2.26. The van der Waals surface area contributed by atoms with E-state index in [1.807, 2.05) is 0 Å². The van der Waals surface area contributed by atoms with E-state index in [1.54, 1.807) is 12.1 Å². The Morgan fingerprint density at radius 2 is 2.00 bits per heavy atom. The molecule has 0 bridgehead atoms. The molecule has 1 aromatic carbocycles. The summed E-state index contributed by atoms with van der Waals surface area (Å²) in [6, 6.07) is 5.14. The fourth-order valence-electron chi connectivity index (χ4n) is 1.83. The third-order valence-corrected chi connectivity index (χ3v) is 3.30. The smallest absolute Gasteiger partial charge is 0.275 e. The van der Waals surface area contributed by atoms with Gasteiger partial charge in [0.2, 0.25) is 0 Å². The highest BCUT2D eigenvalue weighted by Crippen LogP contribution is 2.23. The lowest BCUT2D eigenvalue weighted by molar-refractivity contribution is -0.385. The van der Waals surface area contributed by atoms with Crippen LogP contribution in [0.3, 0.4) is 0 Å². The minimum absolute atomic E-state index is 0.0797. The molecule has 0 aromatic heterocycles. The minimum atomic E-state index is -0.387. The lowest BCUT2D eigenvalue weighted by atomic mass is 10.0. The van der Waals surface area contributed by atoms with Gasteiger partial charge in [0.25, 0.3) is 5.69 Å². The molecule has 0 fully saturated rings. The predicted octanol–water partition coefficient (Wildman–Crippen LogP) is 4.16. The highest BCUT2D eigenvalue weighted by Gasteiger charge is 2.14. The third kappa shape index (κ3) is 5.57. The van der Waals surface area contributed by atoms with Gasteiger partial charge in [0.1, 0.15) is 0 Å². The van der Waals surface area contributed by atoms with Crippen LogP contribution in [0.2, 0.25) is 5.02 Å². The number of nitro benzene ring substituents is 1. The van der Waals surface area contributed by atoms with Gasteiger partial charge < -0.3 is 5.32 Å². The second kappa shape index (κ2) is 7.46. The van der Waals surface area contributed by atoms with Crippen molar-refractivity contribution in [1.29, 1.82) is 0 Å². The first-order valence-corrected chi connectivity index (χ1v) is 6.94. The van der Waals surface area contributed by atoms with Crippen molar-refractivity contribution in [3.8, 4) is 0 Å². The first kappa shape index (κ1) is 15.9. The van der Waals surface area contributed by atoms with Gasteiger partial charge in [0, 0.05) is 29.2 Å². The highest BCUT2D eigenvalue weighted by atomic mass is 35.5. The molecule has 19 heavy (non-hydrogen) atoms. The largest absolute Gasteiger partial charge is 0.310 e. The number of halogens is 1. The van der Waals surface area contributed by atoms with Crippen LogP contribution in [0.25, 0.3) is 0 Å². The van der Waals surface area contributed by atoms with Gasteiger partial charge in [0.05, 0.1) is 4.92 Å². The van der Waals surface area contributed by atoms with Crippen LogP contribution in [0, 0.1) is 16.0 Å². The van der Waals surface area contributed by atoms with Crippen molar-refractivity contribution < 1.29 is 4.92 Å². The molecule has 0 amide bonds. The molecular weight excluding hydrogens is 264 g/mol.